The number of benzene rings is 3. The van der Waals surface area contributed by atoms with Crippen molar-refractivity contribution in [2.45, 2.75) is 26.9 Å². The van der Waals surface area contributed by atoms with Gasteiger partial charge in [-0.2, -0.15) is 0 Å². The maximum atomic E-state index is 12.6. The Morgan fingerprint density at radius 1 is 0.862 bits per heavy atom. The third-order valence-corrected chi connectivity index (χ3v) is 4.40. The number of nitrogens with one attached hydrogen (secondary N) is 1. The maximum Gasteiger partial charge on any atom is 0.255 e. The monoisotopic (exact) mass is 389 g/mol. The molecule has 0 saturated heterocycles. The Kier molecular flexibility index (Phi) is 7.28. The van der Waals surface area contributed by atoms with Crippen LogP contribution in [0.2, 0.25) is 0 Å². The zero-order valence-corrected chi connectivity index (χ0v) is 16.9. The van der Waals surface area contributed by atoms with Crippen LogP contribution in [0.15, 0.2) is 78.9 Å². The Morgan fingerprint density at radius 3 is 2.34 bits per heavy atom. The Bertz CT molecular complexity index is 922. The molecule has 3 aromatic carbocycles. The zero-order valence-electron chi connectivity index (χ0n) is 16.9. The number of ether oxygens (including phenoxy) is 2. The lowest BCUT2D eigenvalue weighted by molar-refractivity contribution is 0.102. The summed E-state index contributed by atoms with van der Waals surface area (Å²) in [6.07, 6.45) is 0.978. The molecule has 0 fully saturated rings. The first kappa shape index (κ1) is 20.5. The summed E-state index contributed by atoms with van der Waals surface area (Å²) in [5.41, 5.74) is 2.34. The Morgan fingerprint density at radius 2 is 1.59 bits per heavy atom. The van der Waals surface area contributed by atoms with Gasteiger partial charge in [-0.25, -0.2) is 0 Å². The first-order valence-electron chi connectivity index (χ1n) is 9.91. The first-order chi connectivity index (χ1) is 14.1. The van der Waals surface area contributed by atoms with E-state index in [-0.39, 0.29) is 5.91 Å². The molecule has 1 N–H and O–H groups in total. The number of rotatable bonds is 9. The average Bonchev–Trinajstić information content (AvgIpc) is 2.73. The molecule has 150 valence electrons. The molecule has 0 spiro atoms. The van der Waals surface area contributed by atoms with Crippen molar-refractivity contribution in [3.63, 3.8) is 0 Å². The van der Waals surface area contributed by atoms with Gasteiger partial charge in [0.25, 0.3) is 5.91 Å². The largest absolute Gasteiger partial charge is 0.494 e. The van der Waals surface area contributed by atoms with Crippen molar-refractivity contribution in [1.82, 2.24) is 0 Å². The van der Waals surface area contributed by atoms with Gasteiger partial charge >= 0.3 is 0 Å². The van der Waals surface area contributed by atoms with Crippen molar-refractivity contribution in [1.29, 1.82) is 0 Å². The molecular weight excluding hydrogens is 362 g/mol. The number of hydrogen-bond acceptors (Lipinski definition) is 3. The average molecular weight is 389 g/mol. The molecule has 0 aromatic heterocycles. The van der Waals surface area contributed by atoms with Crippen molar-refractivity contribution >= 4 is 11.6 Å². The predicted molar refractivity (Wildman–Crippen MR) is 117 cm³/mol. The van der Waals surface area contributed by atoms with Gasteiger partial charge in [-0.3, -0.25) is 4.79 Å². The van der Waals surface area contributed by atoms with Gasteiger partial charge in [0, 0.05) is 17.3 Å². The van der Waals surface area contributed by atoms with Gasteiger partial charge in [0.2, 0.25) is 0 Å². The Balaban J connectivity index is 1.59. The van der Waals surface area contributed by atoms with Gasteiger partial charge in [-0.1, -0.05) is 56.3 Å². The van der Waals surface area contributed by atoms with E-state index in [1.165, 1.54) is 0 Å². The van der Waals surface area contributed by atoms with Crippen molar-refractivity contribution in [3.8, 4) is 11.5 Å². The highest BCUT2D eigenvalue weighted by Gasteiger charge is 2.08. The minimum absolute atomic E-state index is 0.181. The number of amides is 1. The van der Waals surface area contributed by atoms with Gasteiger partial charge in [0.1, 0.15) is 18.1 Å². The molecule has 0 aliphatic carbocycles. The SMILES string of the molecule is CC(C)CCOc1cccc(C(=O)Nc2cccc(OCc3ccccc3)c2)c1. The molecule has 3 aromatic rings. The van der Waals surface area contributed by atoms with Gasteiger partial charge in [-0.05, 0) is 48.2 Å². The highest BCUT2D eigenvalue weighted by Crippen LogP contribution is 2.20. The molecule has 0 aliphatic rings. The number of carbonyl (C=O) groups excluding carboxylic acids is 1. The third-order valence-electron chi connectivity index (χ3n) is 4.40. The Labute approximate surface area is 172 Å². The summed E-state index contributed by atoms with van der Waals surface area (Å²) < 4.78 is 11.6. The molecule has 0 unspecified atom stereocenters. The van der Waals surface area contributed by atoms with Crippen LogP contribution in [-0.4, -0.2) is 12.5 Å². The minimum atomic E-state index is -0.181. The first-order valence-corrected chi connectivity index (χ1v) is 9.91. The predicted octanol–water partition coefficient (Wildman–Crippen LogP) is 5.94. The minimum Gasteiger partial charge on any atom is -0.494 e. The fraction of sp³-hybridized carbons (Fsp3) is 0.240. The Hall–Kier alpha value is -3.27. The maximum absolute atomic E-state index is 12.6. The summed E-state index contributed by atoms with van der Waals surface area (Å²) in [5.74, 6) is 1.81. The highest BCUT2D eigenvalue weighted by molar-refractivity contribution is 6.04. The van der Waals surface area contributed by atoms with E-state index in [1.54, 1.807) is 12.1 Å². The van der Waals surface area contributed by atoms with Gasteiger partial charge in [-0.15, -0.1) is 0 Å². The molecule has 4 nitrogen and oxygen atoms in total. The van der Waals surface area contributed by atoms with E-state index in [2.05, 4.69) is 19.2 Å². The van der Waals surface area contributed by atoms with Gasteiger partial charge in [0.15, 0.2) is 0 Å². The normalized spacial score (nSPS) is 10.6. The lowest BCUT2D eigenvalue weighted by atomic mass is 10.1. The van der Waals surface area contributed by atoms with E-state index >= 15 is 0 Å². The van der Waals surface area contributed by atoms with E-state index in [0.717, 1.165) is 12.0 Å². The summed E-state index contributed by atoms with van der Waals surface area (Å²) in [4.78, 5) is 12.6. The van der Waals surface area contributed by atoms with Crippen LogP contribution in [0, 0.1) is 5.92 Å². The molecule has 0 aliphatic heterocycles. The quantitative estimate of drug-likeness (QED) is 0.492. The topological polar surface area (TPSA) is 47.6 Å². The zero-order chi connectivity index (χ0) is 20.5. The number of hydrogen-bond donors (Lipinski definition) is 1. The molecule has 29 heavy (non-hydrogen) atoms. The molecule has 4 heteroatoms. The summed E-state index contributed by atoms with van der Waals surface area (Å²) in [6.45, 7) is 5.44. The van der Waals surface area contributed by atoms with Crippen molar-refractivity contribution in [2.24, 2.45) is 5.92 Å². The molecule has 0 atom stereocenters. The summed E-state index contributed by atoms with van der Waals surface area (Å²) >= 11 is 0. The molecular formula is C25H27NO3. The summed E-state index contributed by atoms with van der Waals surface area (Å²) in [7, 11) is 0. The van der Waals surface area contributed by atoms with Crippen LogP contribution < -0.4 is 14.8 Å². The summed E-state index contributed by atoms with van der Waals surface area (Å²) in [5, 5.41) is 2.92. The summed E-state index contributed by atoms with van der Waals surface area (Å²) in [6, 6.07) is 24.6. The van der Waals surface area contributed by atoms with Crippen LogP contribution in [0.5, 0.6) is 11.5 Å². The van der Waals surface area contributed by atoms with E-state index in [4.69, 9.17) is 9.47 Å². The van der Waals surface area contributed by atoms with Crippen molar-refractivity contribution < 1.29 is 14.3 Å². The van der Waals surface area contributed by atoms with E-state index in [0.29, 0.717) is 41.9 Å². The van der Waals surface area contributed by atoms with Crippen molar-refractivity contribution in [3.05, 3.63) is 90.0 Å². The number of anilines is 1. The molecule has 1 amide bonds. The molecule has 0 bridgehead atoms. The molecule has 0 radical (unpaired) electrons. The molecule has 0 saturated carbocycles. The van der Waals surface area contributed by atoms with Crippen LogP contribution >= 0.6 is 0 Å². The van der Waals surface area contributed by atoms with E-state index in [9.17, 15) is 4.79 Å². The number of carbonyl (C=O) groups is 1. The third kappa shape index (κ3) is 6.68. The lowest BCUT2D eigenvalue weighted by Crippen LogP contribution is -2.12. The van der Waals surface area contributed by atoms with Crippen LogP contribution in [-0.2, 0) is 6.61 Å². The van der Waals surface area contributed by atoms with Crippen LogP contribution in [0.3, 0.4) is 0 Å². The second kappa shape index (κ2) is 10.3. The van der Waals surface area contributed by atoms with Crippen LogP contribution in [0.4, 0.5) is 5.69 Å². The molecule has 0 heterocycles. The second-order valence-corrected chi connectivity index (χ2v) is 7.32. The lowest BCUT2D eigenvalue weighted by Gasteiger charge is -2.11. The van der Waals surface area contributed by atoms with Crippen LogP contribution in [0.1, 0.15) is 36.2 Å². The second-order valence-electron chi connectivity index (χ2n) is 7.32. The van der Waals surface area contributed by atoms with Gasteiger partial charge < -0.3 is 14.8 Å². The van der Waals surface area contributed by atoms with Gasteiger partial charge in [0.05, 0.1) is 6.61 Å². The van der Waals surface area contributed by atoms with Crippen LogP contribution in [0.25, 0.3) is 0 Å². The fourth-order valence-corrected chi connectivity index (χ4v) is 2.75. The standard InChI is InChI=1S/C25H27NO3/c1-19(2)14-15-28-23-12-6-10-21(16-23)25(27)26-22-11-7-13-24(17-22)29-18-20-8-4-3-5-9-20/h3-13,16-17,19H,14-15,18H2,1-2H3,(H,26,27). The van der Waals surface area contributed by atoms with E-state index < -0.39 is 0 Å². The van der Waals surface area contributed by atoms with E-state index in [1.807, 2.05) is 66.7 Å². The molecule has 3 rings (SSSR count). The highest BCUT2D eigenvalue weighted by atomic mass is 16.5. The van der Waals surface area contributed by atoms with Crippen molar-refractivity contribution in [2.75, 3.05) is 11.9 Å². The smallest absolute Gasteiger partial charge is 0.255 e. The fourth-order valence-electron chi connectivity index (χ4n) is 2.75.